The van der Waals surface area contributed by atoms with Crippen molar-refractivity contribution in [1.29, 1.82) is 0 Å². The van der Waals surface area contributed by atoms with E-state index in [-0.39, 0.29) is 11.6 Å². The van der Waals surface area contributed by atoms with E-state index in [1.54, 1.807) is 12.1 Å². The van der Waals surface area contributed by atoms with Gasteiger partial charge in [0.25, 0.3) is 10.0 Å². The largest absolute Gasteiger partial charge is 0.392 e. The third kappa shape index (κ3) is 3.36. The minimum atomic E-state index is -3.73. The fourth-order valence-electron chi connectivity index (χ4n) is 1.60. The van der Waals surface area contributed by atoms with Gasteiger partial charge in [-0.1, -0.05) is 22.0 Å². The molecule has 0 aliphatic heterocycles. The predicted octanol–water partition coefficient (Wildman–Crippen LogP) is 2.45. The van der Waals surface area contributed by atoms with Crippen molar-refractivity contribution in [2.24, 2.45) is 0 Å². The second-order valence-electron chi connectivity index (χ2n) is 4.23. The second-order valence-corrected chi connectivity index (χ2v) is 6.77. The first-order valence-electron chi connectivity index (χ1n) is 5.77. The first kappa shape index (κ1) is 15.0. The van der Waals surface area contributed by atoms with Gasteiger partial charge in [0.1, 0.15) is 0 Å². The summed E-state index contributed by atoms with van der Waals surface area (Å²) in [7, 11) is -3.73. The number of halogens is 1. The van der Waals surface area contributed by atoms with Gasteiger partial charge in [0.2, 0.25) is 0 Å². The lowest BCUT2D eigenvalue weighted by Crippen LogP contribution is -2.15. The number of benzene rings is 1. The van der Waals surface area contributed by atoms with Gasteiger partial charge in [-0.2, -0.15) is 8.42 Å². The number of hydrogen-bond acceptors (Lipinski definition) is 4. The highest BCUT2D eigenvalue weighted by atomic mass is 79.9. The number of anilines is 1. The van der Waals surface area contributed by atoms with E-state index in [9.17, 15) is 8.42 Å². The van der Waals surface area contributed by atoms with E-state index in [0.717, 1.165) is 10.0 Å². The highest BCUT2D eigenvalue weighted by Gasteiger charge is 2.16. The minimum Gasteiger partial charge on any atom is -0.392 e. The molecule has 0 fully saturated rings. The molecule has 106 valence electrons. The van der Waals surface area contributed by atoms with Crippen LogP contribution >= 0.6 is 15.9 Å². The molecule has 7 heteroatoms. The molecule has 2 rings (SSSR count). The van der Waals surface area contributed by atoms with Crippen molar-refractivity contribution < 1.29 is 13.5 Å². The fourth-order valence-corrected chi connectivity index (χ4v) is 3.14. The summed E-state index contributed by atoms with van der Waals surface area (Å²) in [5.41, 5.74) is 1.86. The average molecular weight is 357 g/mol. The first-order chi connectivity index (χ1) is 9.42. The van der Waals surface area contributed by atoms with Crippen LogP contribution in [-0.2, 0) is 16.6 Å². The van der Waals surface area contributed by atoms with Crippen LogP contribution in [0.15, 0.2) is 46.0 Å². The Bertz CT molecular complexity index is 715. The molecule has 2 aromatic rings. The van der Waals surface area contributed by atoms with Crippen molar-refractivity contribution in [3.05, 3.63) is 52.1 Å². The van der Waals surface area contributed by atoms with Crippen molar-refractivity contribution in [1.82, 2.24) is 4.98 Å². The number of rotatable bonds is 4. The van der Waals surface area contributed by atoms with Crippen LogP contribution in [0.25, 0.3) is 0 Å². The summed E-state index contributed by atoms with van der Waals surface area (Å²) in [6, 6.07) is 8.14. The third-order valence-electron chi connectivity index (χ3n) is 2.69. The maximum atomic E-state index is 12.2. The highest BCUT2D eigenvalue weighted by Crippen LogP contribution is 2.22. The molecule has 0 aliphatic rings. The van der Waals surface area contributed by atoms with Crippen LogP contribution in [0.3, 0.4) is 0 Å². The molecule has 20 heavy (non-hydrogen) atoms. The summed E-state index contributed by atoms with van der Waals surface area (Å²) in [5, 5.41) is 8.83. The number of aliphatic hydroxyl groups is 1. The molecular formula is C13H13BrN2O3S. The molecule has 1 heterocycles. The van der Waals surface area contributed by atoms with Gasteiger partial charge >= 0.3 is 0 Å². The molecule has 1 aromatic carbocycles. The molecule has 0 saturated carbocycles. The Morgan fingerprint density at radius 3 is 2.60 bits per heavy atom. The number of nitrogens with one attached hydrogen (secondary N) is 1. The zero-order valence-corrected chi connectivity index (χ0v) is 13.1. The normalized spacial score (nSPS) is 11.3. The third-order valence-corrected chi connectivity index (χ3v) is 4.46. The van der Waals surface area contributed by atoms with E-state index in [1.807, 2.05) is 13.0 Å². The van der Waals surface area contributed by atoms with E-state index in [0.29, 0.717) is 11.3 Å². The lowest BCUT2D eigenvalue weighted by atomic mass is 10.2. The van der Waals surface area contributed by atoms with Gasteiger partial charge in [-0.05, 0) is 42.3 Å². The van der Waals surface area contributed by atoms with E-state index in [4.69, 9.17) is 5.11 Å². The zero-order valence-electron chi connectivity index (χ0n) is 10.7. The molecular weight excluding hydrogens is 344 g/mol. The summed E-state index contributed by atoms with van der Waals surface area (Å²) in [5.74, 6) is 0. The summed E-state index contributed by atoms with van der Waals surface area (Å²) < 4.78 is 27.8. The molecule has 0 unspecified atom stereocenters. The standard InChI is InChI=1S/C13H13BrN2O3S/c1-9-6-11(14)3-4-12(9)16-20(18,19)13-5-2-10(8-17)7-15-13/h2-7,16-17H,8H2,1H3. The van der Waals surface area contributed by atoms with Crippen molar-refractivity contribution in [3.8, 4) is 0 Å². The van der Waals surface area contributed by atoms with E-state index in [1.165, 1.54) is 18.3 Å². The highest BCUT2D eigenvalue weighted by molar-refractivity contribution is 9.10. The van der Waals surface area contributed by atoms with Gasteiger partial charge in [-0.3, -0.25) is 4.72 Å². The number of hydrogen-bond donors (Lipinski definition) is 2. The van der Waals surface area contributed by atoms with Gasteiger partial charge in [-0.25, -0.2) is 4.98 Å². The minimum absolute atomic E-state index is 0.0861. The van der Waals surface area contributed by atoms with Crippen LogP contribution in [0.4, 0.5) is 5.69 Å². The lowest BCUT2D eigenvalue weighted by Gasteiger charge is -2.10. The molecule has 1 aromatic heterocycles. The number of aromatic nitrogens is 1. The van der Waals surface area contributed by atoms with Gasteiger partial charge in [0.05, 0.1) is 12.3 Å². The van der Waals surface area contributed by atoms with Crippen molar-refractivity contribution in [2.75, 3.05) is 4.72 Å². The monoisotopic (exact) mass is 356 g/mol. The summed E-state index contributed by atoms with van der Waals surface area (Å²) >= 11 is 3.32. The molecule has 5 nitrogen and oxygen atoms in total. The molecule has 0 atom stereocenters. The SMILES string of the molecule is Cc1cc(Br)ccc1NS(=O)(=O)c1ccc(CO)cn1. The number of aryl methyl sites for hydroxylation is 1. The average Bonchev–Trinajstić information content (AvgIpc) is 2.42. The van der Waals surface area contributed by atoms with Gasteiger partial charge in [0, 0.05) is 10.7 Å². The first-order valence-corrected chi connectivity index (χ1v) is 8.05. The molecule has 0 saturated heterocycles. The Kier molecular flexibility index (Phi) is 4.42. The number of nitrogens with zero attached hydrogens (tertiary/aromatic N) is 1. The van der Waals surface area contributed by atoms with Crippen LogP contribution in [0, 0.1) is 6.92 Å². The van der Waals surface area contributed by atoms with E-state index >= 15 is 0 Å². The summed E-state index contributed by atoms with van der Waals surface area (Å²) in [6.07, 6.45) is 1.34. The van der Waals surface area contributed by atoms with Gasteiger partial charge in [0.15, 0.2) is 5.03 Å². The molecule has 0 bridgehead atoms. The Morgan fingerprint density at radius 2 is 2.05 bits per heavy atom. The maximum Gasteiger partial charge on any atom is 0.279 e. The van der Waals surface area contributed by atoms with Crippen molar-refractivity contribution >= 4 is 31.6 Å². The fraction of sp³-hybridized carbons (Fsp3) is 0.154. The maximum absolute atomic E-state index is 12.2. The number of sulfonamides is 1. The Morgan fingerprint density at radius 1 is 1.30 bits per heavy atom. The van der Waals surface area contributed by atoms with Crippen LogP contribution in [0.2, 0.25) is 0 Å². The van der Waals surface area contributed by atoms with Gasteiger partial charge < -0.3 is 5.11 Å². The Balaban J connectivity index is 2.30. The summed E-state index contributed by atoms with van der Waals surface area (Å²) in [6.45, 7) is 1.64. The van der Waals surface area contributed by atoms with E-state index in [2.05, 4.69) is 25.6 Å². The number of aliphatic hydroxyl groups excluding tert-OH is 1. The van der Waals surface area contributed by atoms with Crippen molar-refractivity contribution in [3.63, 3.8) is 0 Å². The van der Waals surface area contributed by atoms with E-state index < -0.39 is 10.0 Å². The smallest absolute Gasteiger partial charge is 0.279 e. The van der Waals surface area contributed by atoms with Crippen LogP contribution < -0.4 is 4.72 Å². The molecule has 2 N–H and O–H groups in total. The molecule has 0 spiro atoms. The van der Waals surface area contributed by atoms with Crippen LogP contribution in [0.5, 0.6) is 0 Å². The zero-order chi connectivity index (χ0) is 14.8. The van der Waals surface area contributed by atoms with Gasteiger partial charge in [-0.15, -0.1) is 0 Å². The van der Waals surface area contributed by atoms with Crippen LogP contribution in [0.1, 0.15) is 11.1 Å². The predicted molar refractivity (Wildman–Crippen MR) is 79.8 cm³/mol. The second kappa shape index (κ2) is 5.90. The number of pyridine rings is 1. The topological polar surface area (TPSA) is 79.3 Å². The summed E-state index contributed by atoms with van der Waals surface area (Å²) in [4.78, 5) is 3.84. The molecule has 0 radical (unpaired) electrons. The molecule has 0 amide bonds. The molecule has 0 aliphatic carbocycles. The lowest BCUT2D eigenvalue weighted by molar-refractivity contribution is 0.281. The Labute approximate surface area is 125 Å². The van der Waals surface area contributed by atoms with Crippen molar-refractivity contribution in [2.45, 2.75) is 18.6 Å². The van der Waals surface area contributed by atoms with Crippen LogP contribution in [-0.4, -0.2) is 18.5 Å². The Hall–Kier alpha value is -1.44. The quantitative estimate of drug-likeness (QED) is 0.881.